The Kier molecular flexibility index (Phi) is 4.56. The summed E-state index contributed by atoms with van der Waals surface area (Å²) in [5.74, 6) is -0.791. The fourth-order valence-electron chi connectivity index (χ4n) is 3.82. The van der Waals surface area contributed by atoms with Crippen LogP contribution < -0.4 is 0 Å². The molecule has 0 radical (unpaired) electrons. The highest BCUT2D eigenvalue weighted by Crippen LogP contribution is 2.41. The molecule has 2 heterocycles. The van der Waals surface area contributed by atoms with Crippen molar-refractivity contribution in [2.45, 2.75) is 50.6 Å². The summed E-state index contributed by atoms with van der Waals surface area (Å²) in [5, 5.41) is 11.4. The SMILES string of the molecule is O=C(O)C1CC2CCCCC2N1S(=O)(=O)CCc1cccs1. The van der Waals surface area contributed by atoms with E-state index in [-0.39, 0.29) is 17.7 Å². The lowest BCUT2D eigenvalue weighted by atomic mass is 9.85. The first-order valence-electron chi connectivity index (χ1n) is 7.75. The Morgan fingerprint density at radius 3 is 2.82 bits per heavy atom. The first-order chi connectivity index (χ1) is 10.5. The van der Waals surface area contributed by atoms with E-state index in [0.717, 1.165) is 30.6 Å². The van der Waals surface area contributed by atoms with E-state index >= 15 is 0 Å². The molecule has 5 nitrogen and oxygen atoms in total. The van der Waals surface area contributed by atoms with Gasteiger partial charge in [-0.25, -0.2) is 8.42 Å². The summed E-state index contributed by atoms with van der Waals surface area (Å²) >= 11 is 1.54. The Balaban J connectivity index is 1.80. The molecule has 2 fully saturated rings. The third-order valence-electron chi connectivity index (χ3n) is 4.82. The molecule has 1 saturated carbocycles. The average molecular weight is 343 g/mol. The van der Waals surface area contributed by atoms with E-state index in [1.54, 1.807) is 0 Å². The lowest BCUT2D eigenvalue weighted by Crippen LogP contribution is -2.47. The van der Waals surface area contributed by atoms with E-state index in [1.165, 1.54) is 15.6 Å². The number of fused-ring (bicyclic) bond motifs is 1. The second-order valence-electron chi connectivity index (χ2n) is 6.18. The van der Waals surface area contributed by atoms with Gasteiger partial charge in [-0.3, -0.25) is 4.79 Å². The molecule has 3 unspecified atom stereocenters. The van der Waals surface area contributed by atoms with Gasteiger partial charge in [0.1, 0.15) is 6.04 Å². The third kappa shape index (κ3) is 3.07. The summed E-state index contributed by atoms with van der Waals surface area (Å²) in [7, 11) is -3.54. The van der Waals surface area contributed by atoms with Gasteiger partial charge in [-0.1, -0.05) is 18.9 Å². The van der Waals surface area contributed by atoms with Gasteiger partial charge in [-0.05, 0) is 43.0 Å². The molecular weight excluding hydrogens is 322 g/mol. The van der Waals surface area contributed by atoms with Crippen molar-refractivity contribution in [2.24, 2.45) is 5.92 Å². The second kappa shape index (κ2) is 6.29. The molecule has 22 heavy (non-hydrogen) atoms. The van der Waals surface area contributed by atoms with Crippen LogP contribution in [-0.2, 0) is 21.2 Å². The van der Waals surface area contributed by atoms with Crippen LogP contribution in [0.5, 0.6) is 0 Å². The Bertz CT molecular complexity index is 626. The number of carboxylic acids is 1. The maximum Gasteiger partial charge on any atom is 0.322 e. The smallest absolute Gasteiger partial charge is 0.322 e. The summed E-state index contributed by atoms with van der Waals surface area (Å²) in [6.45, 7) is 0. The zero-order valence-corrected chi connectivity index (χ0v) is 14.0. The van der Waals surface area contributed by atoms with Crippen LogP contribution in [-0.4, -0.2) is 41.6 Å². The minimum absolute atomic E-state index is 0.000509. The summed E-state index contributed by atoms with van der Waals surface area (Å²) in [6.07, 6.45) is 4.75. The monoisotopic (exact) mass is 343 g/mol. The highest BCUT2D eigenvalue weighted by Gasteiger charge is 2.50. The van der Waals surface area contributed by atoms with Crippen LogP contribution in [0.1, 0.15) is 37.0 Å². The molecule has 3 rings (SSSR count). The van der Waals surface area contributed by atoms with Crippen molar-refractivity contribution < 1.29 is 18.3 Å². The fraction of sp³-hybridized carbons (Fsp3) is 0.667. The predicted molar refractivity (Wildman–Crippen MR) is 85.4 cm³/mol. The van der Waals surface area contributed by atoms with Gasteiger partial charge in [0.2, 0.25) is 10.0 Å². The van der Waals surface area contributed by atoms with Gasteiger partial charge < -0.3 is 5.11 Å². The summed E-state index contributed by atoms with van der Waals surface area (Å²) < 4.78 is 26.9. The van der Waals surface area contributed by atoms with Crippen molar-refractivity contribution in [3.05, 3.63) is 22.4 Å². The third-order valence-corrected chi connectivity index (χ3v) is 7.65. The summed E-state index contributed by atoms with van der Waals surface area (Å²) in [6, 6.07) is 2.84. The molecule has 0 spiro atoms. The van der Waals surface area contributed by atoms with Crippen molar-refractivity contribution in [2.75, 3.05) is 5.75 Å². The van der Waals surface area contributed by atoms with Gasteiger partial charge in [0.25, 0.3) is 0 Å². The molecule has 1 aromatic rings. The van der Waals surface area contributed by atoms with Gasteiger partial charge >= 0.3 is 5.97 Å². The van der Waals surface area contributed by atoms with Crippen molar-refractivity contribution in [1.82, 2.24) is 4.31 Å². The minimum Gasteiger partial charge on any atom is -0.480 e. The van der Waals surface area contributed by atoms with Gasteiger partial charge in [0.15, 0.2) is 0 Å². The summed E-state index contributed by atoms with van der Waals surface area (Å²) in [4.78, 5) is 12.6. The maximum absolute atomic E-state index is 12.8. The molecule has 1 saturated heterocycles. The van der Waals surface area contributed by atoms with Crippen molar-refractivity contribution >= 4 is 27.3 Å². The van der Waals surface area contributed by atoms with Crippen LogP contribution in [0, 0.1) is 5.92 Å². The van der Waals surface area contributed by atoms with Crippen molar-refractivity contribution in [3.8, 4) is 0 Å². The highest BCUT2D eigenvalue weighted by molar-refractivity contribution is 7.89. The molecule has 1 aromatic heterocycles. The predicted octanol–water partition coefficient (Wildman–Crippen LogP) is 2.34. The quantitative estimate of drug-likeness (QED) is 0.890. The maximum atomic E-state index is 12.8. The molecule has 7 heteroatoms. The zero-order valence-electron chi connectivity index (χ0n) is 12.3. The number of aryl methyl sites for hydroxylation is 1. The molecule has 1 aliphatic carbocycles. The normalized spacial score (nSPS) is 29.4. The summed E-state index contributed by atoms with van der Waals surface area (Å²) in [5.41, 5.74) is 0. The number of carboxylic acid groups (broad SMARTS) is 1. The Morgan fingerprint density at radius 1 is 1.36 bits per heavy atom. The van der Waals surface area contributed by atoms with Gasteiger partial charge in [-0.15, -0.1) is 11.3 Å². The first-order valence-corrected chi connectivity index (χ1v) is 10.2. The zero-order chi connectivity index (χ0) is 15.7. The number of hydrogen-bond donors (Lipinski definition) is 1. The van der Waals surface area contributed by atoms with Crippen LogP contribution >= 0.6 is 11.3 Å². The lowest BCUT2D eigenvalue weighted by molar-refractivity contribution is -0.141. The molecule has 2 aliphatic rings. The van der Waals surface area contributed by atoms with E-state index < -0.39 is 22.0 Å². The number of thiophene rings is 1. The molecule has 0 aromatic carbocycles. The van der Waals surface area contributed by atoms with E-state index in [2.05, 4.69) is 0 Å². The average Bonchev–Trinajstić information content (AvgIpc) is 3.12. The minimum atomic E-state index is -3.54. The number of sulfonamides is 1. The number of hydrogen-bond acceptors (Lipinski definition) is 4. The van der Waals surface area contributed by atoms with E-state index in [1.807, 2.05) is 17.5 Å². The highest BCUT2D eigenvalue weighted by atomic mass is 32.2. The standard InChI is InChI=1S/C15H21NO4S2/c17-15(18)14-10-11-4-1-2-6-13(11)16(14)22(19,20)9-7-12-5-3-8-21-12/h3,5,8,11,13-14H,1-2,4,6-7,9-10H2,(H,17,18). The van der Waals surface area contributed by atoms with Crippen LogP contribution in [0.25, 0.3) is 0 Å². The van der Waals surface area contributed by atoms with Crippen LogP contribution in [0.4, 0.5) is 0 Å². The second-order valence-corrected chi connectivity index (χ2v) is 9.20. The molecule has 122 valence electrons. The Labute approximate surface area is 135 Å². The van der Waals surface area contributed by atoms with Gasteiger partial charge in [0, 0.05) is 10.9 Å². The fourth-order valence-corrected chi connectivity index (χ4v) is 6.60. The molecule has 0 bridgehead atoms. The Hall–Kier alpha value is -0.920. The number of nitrogens with zero attached hydrogens (tertiary/aromatic N) is 1. The first kappa shape index (κ1) is 16.0. The van der Waals surface area contributed by atoms with Crippen molar-refractivity contribution in [3.63, 3.8) is 0 Å². The van der Waals surface area contributed by atoms with Crippen LogP contribution in [0.2, 0.25) is 0 Å². The van der Waals surface area contributed by atoms with E-state index in [0.29, 0.717) is 12.8 Å². The van der Waals surface area contributed by atoms with Gasteiger partial charge in [-0.2, -0.15) is 4.31 Å². The van der Waals surface area contributed by atoms with Crippen LogP contribution in [0.15, 0.2) is 17.5 Å². The van der Waals surface area contributed by atoms with Crippen LogP contribution in [0.3, 0.4) is 0 Å². The van der Waals surface area contributed by atoms with Crippen molar-refractivity contribution in [1.29, 1.82) is 0 Å². The molecule has 3 atom stereocenters. The number of carbonyl (C=O) groups is 1. The lowest BCUT2D eigenvalue weighted by Gasteiger charge is -2.32. The number of aliphatic carboxylic acids is 1. The molecule has 0 amide bonds. The number of rotatable bonds is 5. The molecule has 1 aliphatic heterocycles. The topological polar surface area (TPSA) is 74.7 Å². The Morgan fingerprint density at radius 2 is 2.14 bits per heavy atom. The van der Waals surface area contributed by atoms with E-state index in [4.69, 9.17) is 0 Å². The molecular formula is C15H21NO4S2. The van der Waals surface area contributed by atoms with E-state index in [9.17, 15) is 18.3 Å². The largest absolute Gasteiger partial charge is 0.480 e. The van der Waals surface area contributed by atoms with Gasteiger partial charge in [0.05, 0.1) is 5.75 Å². The molecule has 1 N–H and O–H groups in total.